The van der Waals surface area contributed by atoms with Crippen LogP contribution in [0.2, 0.25) is 0 Å². The zero-order valence-electron chi connectivity index (χ0n) is 10.7. The predicted octanol–water partition coefficient (Wildman–Crippen LogP) is 2.30. The largest absolute Gasteiger partial charge is 0.492 e. The minimum atomic E-state index is -0.140. The predicted molar refractivity (Wildman–Crippen MR) is 68.1 cm³/mol. The van der Waals surface area contributed by atoms with E-state index in [9.17, 15) is 0 Å². The van der Waals surface area contributed by atoms with Crippen LogP contribution in [0.5, 0.6) is 5.75 Å². The molecule has 0 aromatic carbocycles. The maximum absolute atomic E-state index is 6.01. The number of pyridine rings is 1. The first-order valence-corrected chi connectivity index (χ1v) is 6.19. The Morgan fingerprint density at radius 2 is 2.00 bits per heavy atom. The van der Waals surface area contributed by atoms with Crippen molar-refractivity contribution in [2.75, 3.05) is 19.8 Å². The molecule has 0 saturated heterocycles. The van der Waals surface area contributed by atoms with E-state index in [2.05, 4.69) is 18.8 Å². The zero-order valence-corrected chi connectivity index (χ0v) is 10.7. The number of nitrogens with two attached hydrogens (primary N) is 1. The highest BCUT2D eigenvalue weighted by molar-refractivity contribution is 5.25. The van der Waals surface area contributed by atoms with Crippen molar-refractivity contribution in [1.29, 1.82) is 0 Å². The molecule has 1 unspecified atom stereocenters. The van der Waals surface area contributed by atoms with Gasteiger partial charge in [-0.15, -0.1) is 0 Å². The zero-order chi connectivity index (χ0) is 12.5. The third kappa shape index (κ3) is 5.15. The number of aromatic nitrogens is 1. The van der Waals surface area contributed by atoms with Gasteiger partial charge in [-0.1, -0.05) is 13.8 Å². The van der Waals surface area contributed by atoms with E-state index in [1.807, 2.05) is 6.07 Å². The van der Waals surface area contributed by atoms with Crippen LogP contribution >= 0.6 is 0 Å². The molecule has 96 valence electrons. The highest BCUT2D eigenvalue weighted by atomic mass is 16.5. The molecule has 0 spiro atoms. The van der Waals surface area contributed by atoms with Crippen molar-refractivity contribution in [3.8, 4) is 5.75 Å². The summed E-state index contributed by atoms with van der Waals surface area (Å²) in [5, 5.41) is 0. The Morgan fingerprint density at radius 1 is 1.24 bits per heavy atom. The van der Waals surface area contributed by atoms with Gasteiger partial charge in [0.25, 0.3) is 0 Å². The Balaban J connectivity index is 2.51. The van der Waals surface area contributed by atoms with Crippen LogP contribution in [0.25, 0.3) is 0 Å². The lowest BCUT2D eigenvalue weighted by molar-refractivity contribution is 0.121. The van der Waals surface area contributed by atoms with Crippen LogP contribution in [-0.2, 0) is 4.74 Å². The molecule has 0 saturated carbocycles. The first-order valence-electron chi connectivity index (χ1n) is 6.19. The topological polar surface area (TPSA) is 57.4 Å². The molecule has 0 bridgehead atoms. The lowest BCUT2D eigenvalue weighted by atomic mass is 10.1. The van der Waals surface area contributed by atoms with Gasteiger partial charge in [0.2, 0.25) is 0 Å². The molecule has 0 amide bonds. The second-order valence-corrected chi connectivity index (χ2v) is 3.98. The SMILES string of the molecule is CCCOCC(N)c1cncc(OCCC)c1. The van der Waals surface area contributed by atoms with Crippen molar-refractivity contribution in [2.24, 2.45) is 5.73 Å². The van der Waals surface area contributed by atoms with Crippen LogP contribution in [0, 0.1) is 0 Å². The van der Waals surface area contributed by atoms with Gasteiger partial charge >= 0.3 is 0 Å². The van der Waals surface area contributed by atoms with Crippen LogP contribution in [0.4, 0.5) is 0 Å². The molecule has 2 N–H and O–H groups in total. The van der Waals surface area contributed by atoms with Gasteiger partial charge in [0.05, 0.1) is 25.5 Å². The van der Waals surface area contributed by atoms with Gasteiger partial charge < -0.3 is 15.2 Å². The molecule has 0 aliphatic rings. The monoisotopic (exact) mass is 238 g/mol. The maximum Gasteiger partial charge on any atom is 0.137 e. The average molecular weight is 238 g/mol. The van der Waals surface area contributed by atoms with Gasteiger partial charge in [0.15, 0.2) is 0 Å². The van der Waals surface area contributed by atoms with Crippen LogP contribution in [0.3, 0.4) is 0 Å². The van der Waals surface area contributed by atoms with Crippen LogP contribution in [0.1, 0.15) is 38.3 Å². The van der Waals surface area contributed by atoms with Crippen molar-refractivity contribution in [1.82, 2.24) is 4.98 Å². The Kier molecular flexibility index (Phi) is 6.58. The molecule has 0 aliphatic heterocycles. The molecule has 4 heteroatoms. The summed E-state index contributed by atoms with van der Waals surface area (Å²) in [6.07, 6.45) is 5.46. The summed E-state index contributed by atoms with van der Waals surface area (Å²) in [6, 6.07) is 1.79. The van der Waals surface area contributed by atoms with Crippen molar-refractivity contribution < 1.29 is 9.47 Å². The second-order valence-electron chi connectivity index (χ2n) is 3.98. The summed E-state index contributed by atoms with van der Waals surface area (Å²) in [7, 11) is 0. The minimum absolute atomic E-state index is 0.140. The molecule has 1 rings (SSSR count). The van der Waals surface area contributed by atoms with E-state index in [0.29, 0.717) is 13.2 Å². The fourth-order valence-corrected chi connectivity index (χ4v) is 1.39. The number of rotatable bonds is 8. The average Bonchev–Trinajstić information content (AvgIpc) is 2.37. The van der Waals surface area contributed by atoms with Crippen LogP contribution in [-0.4, -0.2) is 24.8 Å². The van der Waals surface area contributed by atoms with Crippen LogP contribution in [0.15, 0.2) is 18.5 Å². The van der Waals surface area contributed by atoms with Gasteiger partial charge in [-0.3, -0.25) is 4.98 Å². The smallest absolute Gasteiger partial charge is 0.137 e. The quantitative estimate of drug-likeness (QED) is 0.706. The fourth-order valence-electron chi connectivity index (χ4n) is 1.39. The van der Waals surface area contributed by atoms with Gasteiger partial charge in [-0.25, -0.2) is 0 Å². The Bertz CT molecular complexity index is 318. The van der Waals surface area contributed by atoms with E-state index >= 15 is 0 Å². The maximum atomic E-state index is 6.01. The summed E-state index contributed by atoms with van der Waals surface area (Å²) < 4.78 is 10.9. The van der Waals surface area contributed by atoms with Gasteiger partial charge in [0, 0.05) is 12.8 Å². The first-order chi connectivity index (χ1) is 8.27. The Hall–Kier alpha value is -1.13. The van der Waals surface area contributed by atoms with E-state index in [-0.39, 0.29) is 6.04 Å². The lowest BCUT2D eigenvalue weighted by Crippen LogP contribution is -2.17. The third-order valence-electron chi connectivity index (χ3n) is 2.28. The minimum Gasteiger partial charge on any atom is -0.492 e. The van der Waals surface area contributed by atoms with Crippen molar-refractivity contribution in [3.63, 3.8) is 0 Å². The fraction of sp³-hybridized carbons (Fsp3) is 0.615. The molecule has 17 heavy (non-hydrogen) atoms. The van der Waals surface area contributed by atoms with Crippen molar-refractivity contribution in [2.45, 2.75) is 32.7 Å². The molecule has 0 fully saturated rings. The molecule has 1 aromatic rings. The summed E-state index contributed by atoms with van der Waals surface area (Å²) in [5.41, 5.74) is 6.97. The molecule has 1 atom stereocenters. The second kappa shape index (κ2) is 8.03. The Labute approximate surface area is 103 Å². The molecule has 1 aromatic heterocycles. The summed E-state index contributed by atoms with van der Waals surface area (Å²) in [6.45, 7) is 6.11. The van der Waals surface area contributed by atoms with Crippen molar-refractivity contribution >= 4 is 0 Å². The lowest BCUT2D eigenvalue weighted by Gasteiger charge is -2.13. The number of hydrogen-bond acceptors (Lipinski definition) is 4. The molecule has 0 radical (unpaired) electrons. The van der Waals surface area contributed by atoms with Gasteiger partial charge in [0.1, 0.15) is 5.75 Å². The van der Waals surface area contributed by atoms with E-state index in [0.717, 1.165) is 30.8 Å². The number of ether oxygens (including phenoxy) is 2. The van der Waals surface area contributed by atoms with E-state index in [4.69, 9.17) is 15.2 Å². The molecular weight excluding hydrogens is 216 g/mol. The van der Waals surface area contributed by atoms with Gasteiger partial charge in [-0.2, -0.15) is 0 Å². The number of nitrogens with zero attached hydrogens (tertiary/aromatic N) is 1. The van der Waals surface area contributed by atoms with E-state index in [1.165, 1.54) is 0 Å². The Morgan fingerprint density at radius 3 is 2.71 bits per heavy atom. The summed E-state index contributed by atoms with van der Waals surface area (Å²) >= 11 is 0. The van der Waals surface area contributed by atoms with Crippen LogP contribution < -0.4 is 10.5 Å². The highest BCUT2D eigenvalue weighted by Gasteiger charge is 2.07. The molecule has 4 nitrogen and oxygen atoms in total. The van der Waals surface area contributed by atoms with Crippen molar-refractivity contribution in [3.05, 3.63) is 24.0 Å². The normalized spacial score (nSPS) is 12.4. The third-order valence-corrected chi connectivity index (χ3v) is 2.28. The molecular formula is C13H22N2O2. The summed E-state index contributed by atoms with van der Waals surface area (Å²) in [5.74, 6) is 0.773. The highest BCUT2D eigenvalue weighted by Crippen LogP contribution is 2.16. The molecule has 1 heterocycles. The standard InChI is InChI=1S/C13H22N2O2/c1-3-5-16-10-13(14)11-7-12(9-15-8-11)17-6-4-2/h7-9,13H,3-6,10,14H2,1-2H3. The summed E-state index contributed by atoms with van der Waals surface area (Å²) in [4.78, 5) is 4.13. The first kappa shape index (κ1) is 13.9. The number of hydrogen-bond donors (Lipinski definition) is 1. The van der Waals surface area contributed by atoms with E-state index in [1.54, 1.807) is 12.4 Å². The molecule has 0 aliphatic carbocycles. The van der Waals surface area contributed by atoms with E-state index < -0.39 is 0 Å². The van der Waals surface area contributed by atoms with Gasteiger partial charge in [-0.05, 0) is 24.5 Å².